The maximum absolute atomic E-state index is 4.62. The van der Waals surface area contributed by atoms with E-state index in [1.807, 2.05) is 0 Å². The maximum Gasteiger partial charge on any atom is 0.115 e. The number of piperazine rings is 1. The summed E-state index contributed by atoms with van der Waals surface area (Å²) in [4.78, 5) is 9.76. The molecule has 0 aromatic heterocycles. The second kappa shape index (κ2) is 5.36. The smallest absolute Gasteiger partial charge is 0.115 e. The van der Waals surface area contributed by atoms with E-state index >= 15 is 0 Å². The van der Waals surface area contributed by atoms with E-state index in [0.717, 1.165) is 26.2 Å². The van der Waals surface area contributed by atoms with Crippen LogP contribution in [0, 0.1) is 0 Å². The fourth-order valence-corrected chi connectivity index (χ4v) is 2.79. The molecule has 0 radical (unpaired) electrons. The van der Waals surface area contributed by atoms with Crippen molar-refractivity contribution in [2.75, 3.05) is 32.7 Å². The van der Waals surface area contributed by atoms with Crippen LogP contribution in [0.3, 0.4) is 0 Å². The Morgan fingerprint density at radius 3 is 2.47 bits per heavy atom. The highest BCUT2D eigenvalue weighted by atomic mass is 15.3. The topological polar surface area (TPSA) is 30.9 Å². The van der Waals surface area contributed by atoms with Gasteiger partial charge in [0, 0.05) is 38.3 Å². The van der Waals surface area contributed by atoms with Crippen LogP contribution in [0.15, 0.2) is 4.99 Å². The van der Waals surface area contributed by atoms with Crippen LogP contribution in [0.25, 0.3) is 0 Å². The normalized spacial score (nSPS) is 27.6. The first-order chi connectivity index (χ1) is 8.09. The number of rotatable bonds is 3. The fraction of sp³-hybridized carbons (Fsp3) is 0.923. The number of hydrogen-bond acceptors (Lipinski definition) is 4. The first-order valence-electron chi connectivity index (χ1n) is 6.87. The van der Waals surface area contributed by atoms with Crippen molar-refractivity contribution in [1.82, 2.24) is 15.1 Å². The van der Waals surface area contributed by atoms with Gasteiger partial charge in [0.1, 0.15) is 5.84 Å². The summed E-state index contributed by atoms with van der Waals surface area (Å²) in [6.07, 6.45) is 0. The summed E-state index contributed by atoms with van der Waals surface area (Å²) in [5.74, 6) is 1.21. The molecule has 17 heavy (non-hydrogen) atoms. The SMILES string of the molecule is CC(C)N1CCN(C(C)C)[C@@H](C2=NCCN2)C1. The van der Waals surface area contributed by atoms with E-state index in [0.29, 0.717) is 18.1 Å². The molecule has 0 amide bonds. The van der Waals surface area contributed by atoms with Gasteiger partial charge >= 0.3 is 0 Å². The molecule has 1 saturated heterocycles. The zero-order valence-electron chi connectivity index (χ0n) is 11.6. The molecule has 0 saturated carbocycles. The van der Waals surface area contributed by atoms with Gasteiger partial charge in [-0.3, -0.25) is 14.8 Å². The van der Waals surface area contributed by atoms with Crippen molar-refractivity contribution < 1.29 is 0 Å². The summed E-state index contributed by atoms with van der Waals surface area (Å²) in [5.41, 5.74) is 0. The highest BCUT2D eigenvalue weighted by molar-refractivity contribution is 5.89. The van der Waals surface area contributed by atoms with E-state index in [1.54, 1.807) is 0 Å². The fourth-order valence-electron chi connectivity index (χ4n) is 2.79. The van der Waals surface area contributed by atoms with Gasteiger partial charge < -0.3 is 5.32 Å². The lowest BCUT2D eigenvalue weighted by Gasteiger charge is -2.44. The van der Waals surface area contributed by atoms with Crippen LogP contribution < -0.4 is 5.32 Å². The van der Waals surface area contributed by atoms with Crippen LogP contribution in [0.2, 0.25) is 0 Å². The number of nitrogens with zero attached hydrogens (tertiary/aromatic N) is 3. The molecule has 4 nitrogen and oxygen atoms in total. The molecule has 1 N–H and O–H groups in total. The molecule has 1 atom stereocenters. The highest BCUT2D eigenvalue weighted by Gasteiger charge is 2.33. The van der Waals surface area contributed by atoms with Crippen molar-refractivity contribution >= 4 is 5.84 Å². The lowest BCUT2D eigenvalue weighted by Crippen LogP contribution is -2.61. The van der Waals surface area contributed by atoms with Gasteiger partial charge in [0.2, 0.25) is 0 Å². The second-order valence-corrected chi connectivity index (χ2v) is 5.63. The Bertz CT molecular complexity index is 285. The third-order valence-corrected chi connectivity index (χ3v) is 3.86. The molecule has 0 bridgehead atoms. The van der Waals surface area contributed by atoms with Gasteiger partial charge in [-0.15, -0.1) is 0 Å². The summed E-state index contributed by atoms with van der Waals surface area (Å²) >= 11 is 0. The predicted molar refractivity (Wildman–Crippen MR) is 72.6 cm³/mol. The van der Waals surface area contributed by atoms with Gasteiger partial charge in [-0.2, -0.15) is 0 Å². The minimum absolute atomic E-state index is 0.466. The molecule has 0 aromatic rings. The van der Waals surface area contributed by atoms with Crippen LogP contribution in [0.1, 0.15) is 27.7 Å². The molecule has 0 spiro atoms. The van der Waals surface area contributed by atoms with E-state index in [-0.39, 0.29) is 0 Å². The quantitative estimate of drug-likeness (QED) is 0.789. The van der Waals surface area contributed by atoms with Crippen molar-refractivity contribution in [2.24, 2.45) is 4.99 Å². The number of hydrogen-bond donors (Lipinski definition) is 1. The van der Waals surface area contributed by atoms with Gasteiger partial charge in [0.15, 0.2) is 0 Å². The molecule has 2 aliphatic heterocycles. The Balaban J connectivity index is 2.09. The number of nitrogens with one attached hydrogen (secondary N) is 1. The largest absolute Gasteiger partial charge is 0.371 e. The summed E-state index contributed by atoms with van der Waals surface area (Å²) < 4.78 is 0. The van der Waals surface area contributed by atoms with Crippen LogP contribution in [-0.4, -0.2) is 66.5 Å². The first kappa shape index (κ1) is 12.8. The third kappa shape index (κ3) is 2.80. The molecule has 2 aliphatic rings. The lowest BCUT2D eigenvalue weighted by molar-refractivity contribution is 0.0637. The Kier molecular flexibility index (Phi) is 4.05. The molecule has 1 fully saturated rings. The Morgan fingerprint density at radius 2 is 1.94 bits per heavy atom. The first-order valence-corrected chi connectivity index (χ1v) is 6.87. The molecule has 2 heterocycles. The summed E-state index contributed by atoms with van der Waals surface area (Å²) in [6.45, 7) is 14.5. The molecule has 0 aromatic carbocycles. The molecule has 98 valence electrons. The van der Waals surface area contributed by atoms with Crippen molar-refractivity contribution in [3.8, 4) is 0 Å². The molecular formula is C13H26N4. The summed E-state index contributed by atoms with van der Waals surface area (Å²) in [5, 5.41) is 3.45. The van der Waals surface area contributed by atoms with Crippen molar-refractivity contribution in [3.63, 3.8) is 0 Å². The monoisotopic (exact) mass is 238 g/mol. The zero-order valence-corrected chi connectivity index (χ0v) is 11.6. The van der Waals surface area contributed by atoms with E-state index < -0.39 is 0 Å². The average molecular weight is 238 g/mol. The second-order valence-electron chi connectivity index (χ2n) is 5.63. The standard InChI is InChI=1S/C13H26N4/c1-10(2)16-7-8-17(11(3)4)12(9-16)13-14-5-6-15-13/h10-12H,5-9H2,1-4H3,(H,14,15)/t12-/m1/s1. The van der Waals surface area contributed by atoms with Crippen molar-refractivity contribution in [1.29, 1.82) is 0 Å². The molecule has 0 aliphatic carbocycles. The van der Waals surface area contributed by atoms with E-state index in [1.165, 1.54) is 12.4 Å². The average Bonchev–Trinajstić information content (AvgIpc) is 2.81. The molecule has 2 rings (SSSR count). The molecule has 4 heteroatoms. The summed E-state index contributed by atoms with van der Waals surface area (Å²) in [7, 11) is 0. The van der Waals surface area contributed by atoms with Crippen molar-refractivity contribution in [3.05, 3.63) is 0 Å². The van der Waals surface area contributed by atoms with Gasteiger partial charge in [-0.1, -0.05) is 0 Å². The van der Waals surface area contributed by atoms with E-state index in [4.69, 9.17) is 0 Å². The van der Waals surface area contributed by atoms with Crippen LogP contribution in [0.5, 0.6) is 0 Å². The van der Waals surface area contributed by atoms with Crippen LogP contribution in [0.4, 0.5) is 0 Å². The highest BCUT2D eigenvalue weighted by Crippen LogP contribution is 2.17. The maximum atomic E-state index is 4.62. The zero-order chi connectivity index (χ0) is 12.4. The summed E-state index contributed by atoms with van der Waals surface area (Å²) in [6, 6.07) is 1.70. The molecule has 0 unspecified atom stereocenters. The van der Waals surface area contributed by atoms with E-state index in [9.17, 15) is 0 Å². The van der Waals surface area contributed by atoms with Crippen LogP contribution in [-0.2, 0) is 0 Å². The third-order valence-electron chi connectivity index (χ3n) is 3.86. The van der Waals surface area contributed by atoms with Crippen LogP contribution >= 0.6 is 0 Å². The van der Waals surface area contributed by atoms with Gasteiger partial charge in [0.25, 0.3) is 0 Å². The molecular weight excluding hydrogens is 212 g/mol. The Hall–Kier alpha value is -0.610. The minimum atomic E-state index is 0.466. The number of aliphatic imine (C=N–C) groups is 1. The van der Waals surface area contributed by atoms with Crippen molar-refractivity contribution in [2.45, 2.75) is 45.8 Å². The Morgan fingerprint density at radius 1 is 1.18 bits per heavy atom. The lowest BCUT2D eigenvalue weighted by atomic mass is 10.1. The minimum Gasteiger partial charge on any atom is -0.371 e. The van der Waals surface area contributed by atoms with Gasteiger partial charge in [-0.25, -0.2) is 0 Å². The predicted octanol–water partition coefficient (Wildman–Crippen LogP) is 0.791. The van der Waals surface area contributed by atoms with E-state index in [2.05, 4.69) is 47.8 Å². The van der Waals surface area contributed by atoms with Gasteiger partial charge in [0.05, 0.1) is 12.6 Å². The Labute approximate surface area is 105 Å². The van der Waals surface area contributed by atoms with Gasteiger partial charge in [-0.05, 0) is 27.7 Å². The number of amidine groups is 1.